The van der Waals surface area contributed by atoms with Crippen molar-refractivity contribution in [2.45, 2.75) is 51.5 Å². The Morgan fingerprint density at radius 2 is 1.49 bits per heavy atom. The maximum atomic E-state index is 12.4. The number of carbonyl (C=O) groups is 5. The van der Waals surface area contributed by atoms with Gasteiger partial charge in [0.25, 0.3) is 11.8 Å². The van der Waals surface area contributed by atoms with Crippen molar-refractivity contribution in [3.05, 3.63) is 35.4 Å². The van der Waals surface area contributed by atoms with Gasteiger partial charge >= 0.3 is 17.9 Å². The molecule has 1 N–H and O–H groups in total. The van der Waals surface area contributed by atoms with Crippen molar-refractivity contribution in [3.8, 4) is 0 Å². The number of aliphatic hydroxyl groups excluding tert-OH is 1. The fourth-order valence-electron chi connectivity index (χ4n) is 3.95. The maximum Gasteiger partial charge on any atom is 0.303 e. The Hall–Kier alpha value is -3.39. The Labute approximate surface area is 212 Å². The lowest BCUT2D eigenvalue weighted by atomic mass is 9.98. The van der Waals surface area contributed by atoms with Gasteiger partial charge < -0.3 is 33.5 Å². The first-order chi connectivity index (χ1) is 17.6. The van der Waals surface area contributed by atoms with Crippen LogP contribution in [0.25, 0.3) is 0 Å². The molecule has 0 bridgehead atoms. The summed E-state index contributed by atoms with van der Waals surface area (Å²) in [6, 6.07) is 6.54. The van der Waals surface area contributed by atoms with Crippen molar-refractivity contribution in [1.82, 2.24) is 4.90 Å². The summed E-state index contributed by atoms with van der Waals surface area (Å²) < 4.78 is 32.0. The molecule has 0 aliphatic carbocycles. The fraction of sp³-hybridized carbons (Fsp3) is 0.542. The van der Waals surface area contributed by atoms with Crippen LogP contribution >= 0.6 is 0 Å². The molecule has 2 aliphatic rings. The Kier molecular flexibility index (Phi) is 9.69. The molecule has 0 aromatic heterocycles. The Morgan fingerprint density at radius 1 is 0.892 bits per heavy atom. The molecule has 0 saturated carbocycles. The SMILES string of the molecule is CC(=O)OCC1OC(OCCOCCN2C(=O)c3ccccc3C2=O)C(O)C(OC(C)=O)C1OC(C)=O. The lowest BCUT2D eigenvalue weighted by molar-refractivity contribution is -0.306. The highest BCUT2D eigenvalue weighted by atomic mass is 16.7. The molecule has 2 amide bonds. The molecule has 5 unspecified atom stereocenters. The highest BCUT2D eigenvalue weighted by Gasteiger charge is 2.50. The van der Waals surface area contributed by atoms with Gasteiger partial charge in [-0.3, -0.25) is 28.9 Å². The number of imide groups is 1. The zero-order valence-corrected chi connectivity index (χ0v) is 20.6. The van der Waals surface area contributed by atoms with Gasteiger partial charge in [0.15, 0.2) is 18.5 Å². The topological polar surface area (TPSA) is 164 Å². The van der Waals surface area contributed by atoms with Gasteiger partial charge in [0.1, 0.15) is 18.8 Å². The van der Waals surface area contributed by atoms with E-state index in [0.29, 0.717) is 11.1 Å². The second kappa shape index (κ2) is 12.7. The van der Waals surface area contributed by atoms with Crippen molar-refractivity contribution in [2.24, 2.45) is 0 Å². The summed E-state index contributed by atoms with van der Waals surface area (Å²) in [7, 11) is 0. The average molecular weight is 523 g/mol. The molecule has 1 aromatic rings. The third-order valence-electron chi connectivity index (χ3n) is 5.52. The maximum absolute atomic E-state index is 12.4. The van der Waals surface area contributed by atoms with E-state index >= 15 is 0 Å². The summed E-state index contributed by atoms with van der Waals surface area (Å²) >= 11 is 0. The summed E-state index contributed by atoms with van der Waals surface area (Å²) in [5.41, 5.74) is 0.689. The molecule has 5 atom stereocenters. The first-order valence-electron chi connectivity index (χ1n) is 11.6. The van der Waals surface area contributed by atoms with E-state index in [-0.39, 0.29) is 33.0 Å². The normalized spacial score (nSPS) is 25.0. The number of hydrogen-bond acceptors (Lipinski definition) is 12. The van der Waals surface area contributed by atoms with E-state index in [1.807, 2.05) is 0 Å². The van der Waals surface area contributed by atoms with Gasteiger partial charge in [0.2, 0.25) is 0 Å². The Balaban J connectivity index is 1.52. The van der Waals surface area contributed by atoms with Gasteiger partial charge in [-0.2, -0.15) is 0 Å². The molecule has 2 aliphatic heterocycles. The number of nitrogens with zero attached hydrogens (tertiary/aromatic N) is 1. The van der Waals surface area contributed by atoms with Crippen LogP contribution in [0.3, 0.4) is 0 Å². The number of carbonyl (C=O) groups excluding carboxylic acids is 5. The summed E-state index contributed by atoms with van der Waals surface area (Å²) in [6.07, 6.45) is -6.58. The second-order valence-corrected chi connectivity index (χ2v) is 8.27. The number of fused-ring (bicyclic) bond motifs is 1. The van der Waals surface area contributed by atoms with E-state index in [1.54, 1.807) is 24.3 Å². The van der Waals surface area contributed by atoms with Gasteiger partial charge in [-0.1, -0.05) is 12.1 Å². The molecule has 0 radical (unpaired) electrons. The van der Waals surface area contributed by atoms with Gasteiger partial charge in [-0.15, -0.1) is 0 Å². The fourth-order valence-corrected chi connectivity index (χ4v) is 3.95. The van der Waals surface area contributed by atoms with Crippen LogP contribution in [0.1, 0.15) is 41.5 Å². The van der Waals surface area contributed by atoms with Gasteiger partial charge in [-0.05, 0) is 12.1 Å². The van der Waals surface area contributed by atoms with Gasteiger partial charge in [0, 0.05) is 20.8 Å². The number of benzene rings is 1. The Bertz CT molecular complexity index is 992. The summed E-state index contributed by atoms with van der Waals surface area (Å²) in [6.45, 7) is 3.07. The van der Waals surface area contributed by atoms with E-state index in [0.717, 1.165) is 18.7 Å². The van der Waals surface area contributed by atoms with Gasteiger partial charge in [0.05, 0.1) is 37.5 Å². The molecule has 1 saturated heterocycles. The van der Waals surface area contributed by atoms with Crippen LogP contribution in [0.4, 0.5) is 0 Å². The third-order valence-corrected chi connectivity index (χ3v) is 5.52. The predicted octanol–water partition coefficient (Wildman–Crippen LogP) is -0.172. The molecule has 1 fully saturated rings. The number of aliphatic hydroxyl groups is 1. The van der Waals surface area contributed by atoms with Crippen molar-refractivity contribution in [3.63, 3.8) is 0 Å². The summed E-state index contributed by atoms with van der Waals surface area (Å²) in [5.74, 6) is -2.88. The molecule has 1 aromatic carbocycles. The lowest BCUT2D eigenvalue weighted by Crippen LogP contribution is -2.62. The van der Waals surface area contributed by atoms with E-state index in [1.165, 1.54) is 6.92 Å². The minimum Gasteiger partial charge on any atom is -0.463 e. The number of esters is 3. The predicted molar refractivity (Wildman–Crippen MR) is 121 cm³/mol. The largest absolute Gasteiger partial charge is 0.463 e. The molecule has 13 nitrogen and oxygen atoms in total. The van der Waals surface area contributed by atoms with Crippen LogP contribution < -0.4 is 0 Å². The van der Waals surface area contributed by atoms with Crippen LogP contribution in [0.5, 0.6) is 0 Å². The standard InChI is InChI=1S/C24H29NO12/c1-13(26)34-12-18-20(35-14(2)27)21(36-15(3)28)19(29)24(37-18)33-11-10-32-9-8-25-22(30)16-6-4-5-7-17(16)23(25)31/h4-7,18-21,24,29H,8-12H2,1-3H3. The Morgan fingerprint density at radius 3 is 2.05 bits per heavy atom. The zero-order chi connectivity index (χ0) is 27.1. The van der Waals surface area contributed by atoms with Crippen molar-refractivity contribution < 1.29 is 57.5 Å². The number of ether oxygens (including phenoxy) is 6. The molecular weight excluding hydrogens is 494 g/mol. The zero-order valence-electron chi connectivity index (χ0n) is 20.6. The second-order valence-electron chi connectivity index (χ2n) is 8.27. The highest BCUT2D eigenvalue weighted by molar-refractivity contribution is 6.21. The molecule has 202 valence electrons. The van der Waals surface area contributed by atoms with E-state index in [9.17, 15) is 29.1 Å². The van der Waals surface area contributed by atoms with Crippen molar-refractivity contribution >= 4 is 29.7 Å². The number of amides is 2. The molecule has 37 heavy (non-hydrogen) atoms. The molecule has 3 rings (SSSR count). The third kappa shape index (κ3) is 7.10. The smallest absolute Gasteiger partial charge is 0.303 e. The lowest BCUT2D eigenvalue weighted by Gasteiger charge is -2.42. The van der Waals surface area contributed by atoms with E-state index in [2.05, 4.69) is 0 Å². The first kappa shape index (κ1) is 28.2. The van der Waals surface area contributed by atoms with Crippen LogP contribution in [0.2, 0.25) is 0 Å². The summed E-state index contributed by atoms with van der Waals surface area (Å²) in [5, 5.41) is 10.7. The van der Waals surface area contributed by atoms with Crippen molar-refractivity contribution in [2.75, 3.05) is 33.0 Å². The molecular formula is C24H29NO12. The first-order valence-corrected chi connectivity index (χ1v) is 11.6. The highest BCUT2D eigenvalue weighted by Crippen LogP contribution is 2.28. The quantitative estimate of drug-likeness (QED) is 0.176. The van der Waals surface area contributed by atoms with Crippen LogP contribution in [0, 0.1) is 0 Å². The van der Waals surface area contributed by atoms with Gasteiger partial charge in [-0.25, -0.2) is 0 Å². The van der Waals surface area contributed by atoms with E-state index < -0.39 is 60.4 Å². The van der Waals surface area contributed by atoms with Crippen LogP contribution in [-0.2, 0) is 42.8 Å². The van der Waals surface area contributed by atoms with Crippen LogP contribution in [-0.4, -0.2) is 103 Å². The number of hydrogen-bond donors (Lipinski definition) is 1. The minimum absolute atomic E-state index is 0.00989. The molecule has 2 heterocycles. The van der Waals surface area contributed by atoms with Crippen molar-refractivity contribution in [1.29, 1.82) is 0 Å². The minimum atomic E-state index is -1.54. The average Bonchev–Trinajstić information content (AvgIpc) is 3.08. The molecule has 13 heteroatoms. The monoisotopic (exact) mass is 523 g/mol. The van der Waals surface area contributed by atoms with E-state index in [4.69, 9.17) is 28.4 Å². The number of rotatable bonds is 11. The summed E-state index contributed by atoms with van der Waals surface area (Å²) in [4.78, 5) is 60.3. The van der Waals surface area contributed by atoms with Crippen LogP contribution in [0.15, 0.2) is 24.3 Å². The molecule has 0 spiro atoms.